The van der Waals surface area contributed by atoms with Gasteiger partial charge in [0.15, 0.2) is 5.82 Å². The zero-order valence-corrected chi connectivity index (χ0v) is 11.8. The molecule has 0 aliphatic heterocycles. The highest BCUT2D eigenvalue weighted by atomic mass is 35.5. The fraction of sp³-hybridized carbons (Fsp3) is 0.538. The molecular formula is C13H19ClN4. The second kappa shape index (κ2) is 4.76. The van der Waals surface area contributed by atoms with Crippen LogP contribution in [0.4, 0.5) is 5.82 Å². The molecule has 2 aromatic rings. The summed E-state index contributed by atoms with van der Waals surface area (Å²) in [5, 5.41) is 4.47. The Morgan fingerprint density at radius 1 is 1.39 bits per heavy atom. The molecule has 0 fully saturated rings. The van der Waals surface area contributed by atoms with Crippen molar-refractivity contribution in [2.45, 2.75) is 45.4 Å². The van der Waals surface area contributed by atoms with Crippen LogP contribution < -0.4 is 5.73 Å². The third kappa shape index (κ3) is 2.05. The van der Waals surface area contributed by atoms with Crippen molar-refractivity contribution in [3.8, 4) is 0 Å². The highest BCUT2D eigenvalue weighted by Gasteiger charge is 2.27. The maximum absolute atomic E-state index is 5.90. The Morgan fingerprint density at radius 2 is 2.11 bits per heavy atom. The number of halogens is 1. The molecule has 2 rings (SSSR count). The Kier molecular flexibility index (Phi) is 3.48. The maximum atomic E-state index is 5.90. The van der Waals surface area contributed by atoms with Gasteiger partial charge in [0.25, 0.3) is 0 Å². The first kappa shape index (κ1) is 13.1. The minimum atomic E-state index is 0.0886. The molecule has 0 spiro atoms. The molecule has 1 unspecified atom stereocenters. The Bertz CT molecular complexity index is 563. The predicted octanol–water partition coefficient (Wildman–Crippen LogP) is 3.43. The van der Waals surface area contributed by atoms with E-state index >= 15 is 0 Å². The molecule has 4 nitrogen and oxygen atoms in total. The van der Waals surface area contributed by atoms with Crippen molar-refractivity contribution < 1.29 is 0 Å². The van der Waals surface area contributed by atoms with E-state index in [4.69, 9.17) is 17.3 Å². The molecule has 0 saturated carbocycles. The molecule has 18 heavy (non-hydrogen) atoms. The van der Waals surface area contributed by atoms with E-state index in [1.165, 1.54) is 0 Å². The number of hydrogen-bond acceptors (Lipinski definition) is 3. The lowest BCUT2D eigenvalue weighted by molar-refractivity contribution is 0.395. The smallest absolute Gasteiger partial charge is 0.243 e. The van der Waals surface area contributed by atoms with Crippen LogP contribution >= 0.6 is 11.6 Å². The van der Waals surface area contributed by atoms with Gasteiger partial charge in [0.1, 0.15) is 5.52 Å². The summed E-state index contributed by atoms with van der Waals surface area (Å²) >= 11 is 5.90. The second-order valence-electron chi connectivity index (χ2n) is 4.95. The predicted molar refractivity (Wildman–Crippen MR) is 75.0 cm³/mol. The standard InChI is InChI=1S/C13H19ClN4/c1-4-8-13(3,5-2)10-7-6-9-11(15)16-12(14)17-18(9)10/h6-7H,4-5,8H2,1-3H3,(H2,15,16,17). The van der Waals surface area contributed by atoms with Crippen LogP contribution in [0.2, 0.25) is 5.28 Å². The van der Waals surface area contributed by atoms with E-state index in [9.17, 15) is 0 Å². The van der Waals surface area contributed by atoms with E-state index in [2.05, 4.69) is 36.9 Å². The lowest BCUT2D eigenvalue weighted by Gasteiger charge is -2.27. The monoisotopic (exact) mass is 266 g/mol. The minimum Gasteiger partial charge on any atom is -0.382 e. The average Bonchev–Trinajstić information content (AvgIpc) is 2.73. The molecule has 0 radical (unpaired) electrons. The number of hydrogen-bond donors (Lipinski definition) is 1. The molecule has 0 bridgehead atoms. The maximum Gasteiger partial charge on any atom is 0.243 e. The van der Waals surface area contributed by atoms with Gasteiger partial charge in [0.05, 0.1) is 0 Å². The number of anilines is 1. The Labute approximate surface area is 112 Å². The summed E-state index contributed by atoms with van der Waals surface area (Å²) < 4.78 is 1.84. The highest BCUT2D eigenvalue weighted by molar-refractivity contribution is 6.28. The largest absolute Gasteiger partial charge is 0.382 e. The molecule has 0 aromatic carbocycles. The number of aromatic nitrogens is 3. The lowest BCUT2D eigenvalue weighted by Crippen LogP contribution is -2.23. The van der Waals surface area contributed by atoms with Crippen LogP contribution in [0.25, 0.3) is 5.52 Å². The minimum absolute atomic E-state index is 0.0886. The van der Waals surface area contributed by atoms with Gasteiger partial charge in [-0.05, 0) is 36.6 Å². The third-order valence-corrected chi connectivity index (χ3v) is 3.87. The molecule has 0 amide bonds. The normalized spacial score (nSPS) is 14.9. The van der Waals surface area contributed by atoms with Crippen LogP contribution in [0.5, 0.6) is 0 Å². The molecule has 0 aliphatic carbocycles. The van der Waals surface area contributed by atoms with Crippen molar-refractivity contribution >= 4 is 22.9 Å². The summed E-state index contributed by atoms with van der Waals surface area (Å²) in [6.07, 6.45) is 3.29. The van der Waals surface area contributed by atoms with E-state index in [1.807, 2.05) is 10.6 Å². The summed E-state index contributed by atoms with van der Waals surface area (Å²) in [6.45, 7) is 6.64. The van der Waals surface area contributed by atoms with Crippen molar-refractivity contribution in [1.82, 2.24) is 14.6 Å². The van der Waals surface area contributed by atoms with Gasteiger partial charge in [-0.3, -0.25) is 0 Å². The number of fused-ring (bicyclic) bond motifs is 1. The van der Waals surface area contributed by atoms with Crippen LogP contribution in [0.3, 0.4) is 0 Å². The quantitative estimate of drug-likeness (QED) is 0.922. The zero-order valence-electron chi connectivity index (χ0n) is 11.1. The summed E-state index contributed by atoms with van der Waals surface area (Å²) in [5.41, 5.74) is 7.94. The molecule has 2 heterocycles. The Morgan fingerprint density at radius 3 is 2.72 bits per heavy atom. The van der Waals surface area contributed by atoms with Gasteiger partial charge in [-0.15, -0.1) is 5.10 Å². The number of rotatable bonds is 4. The van der Waals surface area contributed by atoms with Crippen molar-refractivity contribution in [1.29, 1.82) is 0 Å². The molecule has 0 aliphatic rings. The topological polar surface area (TPSA) is 56.2 Å². The van der Waals surface area contributed by atoms with E-state index in [-0.39, 0.29) is 10.7 Å². The van der Waals surface area contributed by atoms with Crippen LogP contribution in [0, 0.1) is 0 Å². The van der Waals surface area contributed by atoms with Gasteiger partial charge in [0.2, 0.25) is 5.28 Å². The van der Waals surface area contributed by atoms with E-state index in [0.717, 1.165) is 30.5 Å². The highest BCUT2D eigenvalue weighted by Crippen LogP contribution is 2.34. The summed E-state index contributed by atoms with van der Waals surface area (Å²) in [7, 11) is 0. The molecule has 2 N–H and O–H groups in total. The van der Waals surface area contributed by atoms with Gasteiger partial charge >= 0.3 is 0 Å². The fourth-order valence-corrected chi connectivity index (χ4v) is 2.65. The van der Waals surface area contributed by atoms with E-state index in [1.54, 1.807) is 0 Å². The first-order chi connectivity index (χ1) is 8.51. The van der Waals surface area contributed by atoms with Crippen LogP contribution in [0.15, 0.2) is 12.1 Å². The van der Waals surface area contributed by atoms with Crippen molar-refractivity contribution in [3.63, 3.8) is 0 Å². The first-order valence-electron chi connectivity index (χ1n) is 6.33. The van der Waals surface area contributed by atoms with Gasteiger partial charge in [0, 0.05) is 11.1 Å². The molecular weight excluding hydrogens is 248 g/mol. The summed E-state index contributed by atoms with van der Waals surface area (Å²) in [4.78, 5) is 3.98. The van der Waals surface area contributed by atoms with Gasteiger partial charge in [-0.25, -0.2) is 4.52 Å². The van der Waals surface area contributed by atoms with E-state index in [0.29, 0.717) is 5.82 Å². The van der Waals surface area contributed by atoms with Gasteiger partial charge in [-0.1, -0.05) is 27.2 Å². The summed E-state index contributed by atoms with van der Waals surface area (Å²) in [5.74, 6) is 0.427. The molecule has 0 saturated heterocycles. The van der Waals surface area contributed by atoms with Crippen molar-refractivity contribution in [2.75, 3.05) is 5.73 Å². The van der Waals surface area contributed by atoms with E-state index < -0.39 is 0 Å². The van der Waals surface area contributed by atoms with Crippen LogP contribution in [-0.4, -0.2) is 14.6 Å². The van der Waals surface area contributed by atoms with Gasteiger partial charge in [-0.2, -0.15) is 4.98 Å². The fourth-order valence-electron chi connectivity index (χ4n) is 2.49. The Balaban J connectivity index is 2.64. The molecule has 1 atom stereocenters. The average molecular weight is 267 g/mol. The Hall–Kier alpha value is -1.29. The van der Waals surface area contributed by atoms with Crippen LogP contribution in [-0.2, 0) is 5.41 Å². The first-order valence-corrected chi connectivity index (χ1v) is 6.71. The van der Waals surface area contributed by atoms with Gasteiger partial charge < -0.3 is 5.73 Å². The lowest BCUT2D eigenvalue weighted by atomic mass is 9.80. The molecule has 2 aromatic heterocycles. The second-order valence-corrected chi connectivity index (χ2v) is 5.28. The SMILES string of the molecule is CCCC(C)(CC)c1ccc2c(N)nc(Cl)nn12. The number of nitrogens with zero attached hydrogens (tertiary/aromatic N) is 3. The summed E-state index contributed by atoms with van der Waals surface area (Å²) in [6, 6.07) is 4.04. The van der Waals surface area contributed by atoms with Crippen molar-refractivity contribution in [2.24, 2.45) is 0 Å². The number of nitrogens with two attached hydrogens (primary N) is 1. The molecule has 5 heteroatoms. The molecule has 98 valence electrons. The third-order valence-electron chi connectivity index (χ3n) is 3.71. The van der Waals surface area contributed by atoms with Crippen LogP contribution in [0.1, 0.15) is 45.7 Å². The number of nitrogen functional groups attached to an aromatic ring is 1. The zero-order chi connectivity index (χ0) is 13.3. The van der Waals surface area contributed by atoms with Crippen molar-refractivity contribution in [3.05, 3.63) is 23.1 Å².